The van der Waals surface area contributed by atoms with Crippen LogP contribution in [0.3, 0.4) is 0 Å². The first-order valence-corrected chi connectivity index (χ1v) is 8.28. The molecule has 0 aromatic heterocycles. The van der Waals surface area contributed by atoms with Crippen LogP contribution in [0.4, 0.5) is 0 Å². The van der Waals surface area contributed by atoms with Gasteiger partial charge in [-0.15, -0.1) is 0 Å². The van der Waals surface area contributed by atoms with Crippen LogP contribution in [0.25, 0.3) is 0 Å². The SMILES string of the molecule is [CH2-][P+](c1ccc(C)cc1)(C(C)(C)C)C(C)(C)C. The van der Waals surface area contributed by atoms with E-state index in [-0.39, 0.29) is 10.3 Å². The third-order valence-corrected chi connectivity index (χ3v) is 9.53. The molecule has 0 aliphatic carbocycles. The van der Waals surface area contributed by atoms with Crippen molar-refractivity contribution < 1.29 is 0 Å². The van der Waals surface area contributed by atoms with E-state index in [1.807, 2.05) is 0 Å². The van der Waals surface area contributed by atoms with Crippen LogP contribution in [-0.4, -0.2) is 10.3 Å². The molecule has 0 saturated carbocycles. The summed E-state index contributed by atoms with van der Waals surface area (Å²) in [5.41, 5.74) is 1.32. The Kier molecular flexibility index (Phi) is 3.80. The summed E-state index contributed by atoms with van der Waals surface area (Å²) in [4.78, 5) is 0. The number of benzene rings is 1. The molecule has 0 aliphatic heterocycles. The van der Waals surface area contributed by atoms with Gasteiger partial charge in [0.05, 0.1) is 15.6 Å². The van der Waals surface area contributed by atoms with Crippen molar-refractivity contribution >= 4 is 12.6 Å². The second kappa shape index (κ2) is 4.39. The maximum Gasteiger partial charge on any atom is 0.0656 e. The zero-order chi connectivity index (χ0) is 13.5. The fraction of sp³-hybridized carbons (Fsp3) is 0.562. The van der Waals surface area contributed by atoms with Gasteiger partial charge in [0, 0.05) is 0 Å². The van der Waals surface area contributed by atoms with Crippen LogP contribution in [-0.2, 0) is 0 Å². The highest BCUT2D eigenvalue weighted by molar-refractivity contribution is 7.86. The minimum atomic E-state index is -1.46. The van der Waals surface area contributed by atoms with Gasteiger partial charge in [0.15, 0.2) is 0 Å². The Labute approximate surface area is 108 Å². The smallest absolute Gasteiger partial charge is 0.0656 e. The first kappa shape index (κ1) is 14.7. The van der Waals surface area contributed by atoms with Gasteiger partial charge in [-0.25, -0.2) is 0 Å². The minimum Gasteiger partial charge on any atom is -0.174 e. The van der Waals surface area contributed by atoms with E-state index >= 15 is 0 Å². The molecule has 0 atom stereocenters. The average molecular weight is 250 g/mol. The molecule has 0 spiro atoms. The fourth-order valence-electron chi connectivity index (χ4n) is 2.58. The molecule has 0 amide bonds. The van der Waals surface area contributed by atoms with Crippen LogP contribution in [0.2, 0.25) is 0 Å². The standard InChI is InChI=1S/C16H27P/c1-13-9-11-14(12-10-13)17(8,15(2,3)4)16(5,6)7/h9-12H,8H2,1-7H3. The molecule has 0 radical (unpaired) electrons. The normalized spacial score (nSPS) is 13.9. The second-order valence-corrected chi connectivity index (χ2v) is 11.8. The molecule has 1 aromatic carbocycles. The summed E-state index contributed by atoms with van der Waals surface area (Å²) in [5.74, 6) is 0. The van der Waals surface area contributed by atoms with Gasteiger partial charge in [0.1, 0.15) is 0 Å². The van der Waals surface area contributed by atoms with Crippen LogP contribution in [0.5, 0.6) is 0 Å². The molecule has 0 heterocycles. The number of rotatable bonds is 1. The van der Waals surface area contributed by atoms with E-state index in [0.717, 1.165) is 0 Å². The van der Waals surface area contributed by atoms with Gasteiger partial charge in [0.25, 0.3) is 0 Å². The predicted octanol–water partition coefficient (Wildman–Crippen LogP) is 5.03. The van der Waals surface area contributed by atoms with E-state index in [9.17, 15) is 0 Å². The van der Waals surface area contributed by atoms with Crippen LogP contribution in [0, 0.1) is 13.6 Å². The third-order valence-electron chi connectivity index (χ3n) is 3.77. The molecular formula is C16H27P. The van der Waals surface area contributed by atoms with Gasteiger partial charge in [-0.1, -0.05) is 25.0 Å². The molecule has 0 unspecified atom stereocenters. The first-order chi connectivity index (χ1) is 7.50. The van der Waals surface area contributed by atoms with Gasteiger partial charge < -0.3 is 0 Å². The number of hydrogen-bond donors (Lipinski definition) is 0. The van der Waals surface area contributed by atoms with Crippen LogP contribution in [0.1, 0.15) is 47.1 Å². The Hall–Kier alpha value is -0.350. The van der Waals surface area contributed by atoms with E-state index in [0.29, 0.717) is 0 Å². The number of aryl methyl sites for hydroxylation is 1. The highest BCUT2D eigenvalue weighted by atomic mass is 31.2. The summed E-state index contributed by atoms with van der Waals surface area (Å²) >= 11 is 0. The minimum absolute atomic E-state index is 0.237. The quantitative estimate of drug-likeness (QED) is 0.484. The van der Waals surface area contributed by atoms with Gasteiger partial charge in [-0.3, -0.25) is 0 Å². The molecule has 0 saturated heterocycles. The molecule has 0 bridgehead atoms. The van der Waals surface area contributed by atoms with E-state index in [1.165, 1.54) is 10.9 Å². The maximum atomic E-state index is 4.72. The Morgan fingerprint density at radius 1 is 0.824 bits per heavy atom. The predicted molar refractivity (Wildman–Crippen MR) is 82.6 cm³/mol. The van der Waals surface area contributed by atoms with Crippen molar-refractivity contribution in [2.24, 2.45) is 0 Å². The molecule has 0 N–H and O–H groups in total. The summed E-state index contributed by atoms with van der Waals surface area (Å²) < 4.78 is 0. The first-order valence-electron chi connectivity index (χ1n) is 6.31. The van der Waals surface area contributed by atoms with Crippen molar-refractivity contribution in [3.05, 3.63) is 36.5 Å². The van der Waals surface area contributed by atoms with E-state index < -0.39 is 7.26 Å². The Morgan fingerprint density at radius 2 is 1.18 bits per heavy atom. The van der Waals surface area contributed by atoms with E-state index in [4.69, 9.17) is 6.66 Å². The Bertz CT molecular complexity index is 359. The van der Waals surface area contributed by atoms with Gasteiger partial charge >= 0.3 is 0 Å². The lowest BCUT2D eigenvalue weighted by Crippen LogP contribution is -2.38. The van der Waals surface area contributed by atoms with Crippen LogP contribution < -0.4 is 5.30 Å². The van der Waals surface area contributed by atoms with E-state index in [1.54, 1.807) is 0 Å². The van der Waals surface area contributed by atoms with Gasteiger partial charge in [0.2, 0.25) is 0 Å². The highest BCUT2D eigenvalue weighted by Gasteiger charge is 2.49. The Morgan fingerprint density at radius 3 is 1.47 bits per heavy atom. The second-order valence-electron chi connectivity index (χ2n) is 6.99. The topological polar surface area (TPSA) is 0 Å². The summed E-state index contributed by atoms with van der Waals surface area (Å²) in [6, 6.07) is 9.00. The lowest BCUT2D eigenvalue weighted by Gasteiger charge is -2.51. The van der Waals surface area contributed by atoms with E-state index in [2.05, 4.69) is 72.7 Å². The molecule has 1 rings (SSSR count). The zero-order valence-corrected chi connectivity index (χ0v) is 13.4. The fourth-order valence-corrected chi connectivity index (χ4v) is 6.80. The third kappa shape index (κ3) is 2.58. The zero-order valence-electron chi connectivity index (χ0n) is 12.5. The summed E-state index contributed by atoms with van der Waals surface area (Å²) in [7, 11) is -1.46. The lowest BCUT2D eigenvalue weighted by molar-refractivity contribution is 0.702. The largest absolute Gasteiger partial charge is 0.174 e. The van der Waals surface area contributed by atoms with Crippen molar-refractivity contribution in [2.45, 2.75) is 58.8 Å². The molecule has 17 heavy (non-hydrogen) atoms. The monoisotopic (exact) mass is 250 g/mol. The summed E-state index contributed by atoms with van der Waals surface area (Å²) in [5, 5.41) is 1.92. The number of hydrogen-bond acceptors (Lipinski definition) is 0. The lowest BCUT2D eigenvalue weighted by atomic mass is 10.2. The van der Waals surface area contributed by atoms with Crippen molar-refractivity contribution in [2.75, 3.05) is 0 Å². The summed E-state index contributed by atoms with van der Waals surface area (Å²) in [6.07, 6.45) is 0. The van der Waals surface area contributed by atoms with Crippen molar-refractivity contribution in [3.63, 3.8) is 0 Å². The average Bonchev–Trinajstić information content (AvgIpc) is 2.14. The van der Waals surface area contributed by atoms with Crippen LogP contribution in [0.15, 0.2) is 24.3 Å². The maximum absolute atomic E-state index is 4.72. The van der Waals surface area contributed by atoms with Crippen molar-refractivity contribution in [1.29, 1.82) is 0 Å². The molecule has 0 nitrogen and oxygen atoms in total. The molecule has 0 fully saturated rings. The van der Waals surface area contributed by atoms with Crippen LogP contribution >= 0.6 is 7.26 Å². The molecular weight excluding hydrogens is 223 g/mol. The van der Waals surface area contributed by atoms with Gasteiger partial charge in [-0.2, -0.15) is 6.66 Å². The summed E-state index contributed by atoms with van der Waals surface area (Å²) in [6.45, 7) is 20.9. The van der Waals surface area contributed by atoms with Gasteiger partial charge in [-0.05, 0) is 60.6 Å². The van der Waals surface area contributed by atoms with Crippen molar-refractivity contribution in [1.82, 2.24) is 0 Å². The molecule has 0 aliphatic rings. The van der Waals surface area contributed by atoms with Crippen molar-refractivity contribution in [3.8, 4) is 0 Å². The molecule has 1 aromatic rings. The molecule has 96 valence electrons. The highest BCUT2D eigenvalue weighted by Crippen LogP contribution is 2.74. The molecule has 1 heteroatoms. The Balaban J connectivity index is 3.41.